The topological polar surface area (TPSA) is 76.5 Å². The van der Waals surface area contributed by atoms with Gasteiger partial charge in [-0.15, -0.1) is 5.10 Å². The summed E-state index contributed by atoms with van der Waals surface area (Å²) in [6.07, 6.45) is 4.66. The molecule has 2 aromatic rings. The van der Waals surface area contributed by atoms with Crippen molar-refractivity contribution in [2.75, 3.05) is 0 Å². The van der Waals surface area contributed by atoms with Crippen molar-refractivity contribution in [2.24, 2.45) is 0 Å². The van der Waals surface area contributed by atoms with Crippen molar-refractivity contribution in [1.29, 1.82) is 0 Å². The molecule has 0 saturated carbocycles. The molecule has 0 fully saturated rings. The fraction of sp³-hybridized carbons (Fsp3) is 0.455. The SMILES string of the molecule is CCCc1c(-c2cnnn2CC)nc[nH]c1=O. The van der Waals surface area contributed by atoms with Gasteiger partial charge in [-0.3, -0.25) is 4.79 Å². The van der Waals surface area contributed by atoms with E-state index in [1.807, 2.05) is 13.8 Å². The molecule has 0 bridgehead atoms. The van der Waals surface area contributed by atoms with Crippen molar-refractivity contribution in [3.05, 3.63) is 28.4 Å². The van der Waals surface area contributed by atoms with Crippen LogP contribution in [0.2, 0.25) is 0 Å². The number of rotatable bonds is 4. The Morgan fingerprint density at radius 2 is 2.24 bits per heavy atom. The molecular formula is C11H15N5O. The first-order chi connectivity index (χ1) is 8.27. The molecule has 0 unspecified atom stereocenters. The van der Waals surface area contributed by atoms with Crippen molar-refractivity contribution in [1.82, 2.24) is 25.0 Å². The summed E-state index contributed by atoms with van der Waals surface area (Å²) in [5.74, 6) is 0. The van der Waals surface area contributed by atoms with Crippen molar-refractivity contribution in [3.63, 3.8) is 0 Å². The summed E-state index contributed by atoms with van der Waals surface area (Å²) in [6, 6.07) is 0. The molecule has 0 saturated heterocycles. The molecule has 2 heterocycles. The van der Waals surface area contributed by atoms with Crippen LogP contribution in [0.5, 0.6) is 0 Å². The predicted octanol–water partition coefficient (Wildman–Crippen LogP) is 1.00. The molecule has 0 aliphatic carbocycles. The van der Waals surface area contributed by atoms with Gasteiger partial charge in [-0.25, -0.2) is 9.67 Å². The van der Waals surface area contributed by atoms with Gasteiger partial charge in [0, 0.05) is 12.1 Å². The molecule has 0 aromatic carbocycles. The van der Waals surface area contributed by atoms with E-state index in [1.54, 1.807) is 10.9 Å². The van der Waals surface area contributed by atoms with E-state index in [4.69, 9.17) is 0 Å². The predicted molar refractivity (Wildman–Crippen MR) is 63.5 cm³/mol. The van der Waals surface area contributed by atoms with Crippen LogP contribution in [0, 0.1) is 0 Å². The highest BCUT2D eigenvalue weighted by Crippen LogP contribution is 2.18. The van der Waals surface area contributed by atoms with Crippen LogP contribution in [-0.2, 0) is 13.0 Å². The van der Waals surface area contributed by atoms with E-state index in [-0.39, 0.29) is 5.56 Å². The Morgan fingerprint density at radius 3 is 2.94 bits per heavy atom. The zero-order chi connectivity index (χ0) is 12.3. The van der Waals surface area contributed by atoms with Gasteiger partial charge in [-0.1, -0.05) is 18.6 Å². The van der Waals surface area contributed by atoms with E-state index in [0.717, 1.165) is 12.1 Å². The molecule has 0 aliphatic heterocycles. The summed E-state index contributed by atoms with van der Waals surface area (Å²) in [7, 11) is 0. The zero-order valence-corrected chi connectivity index (χ0v) is 9.97. The molecule has 6 heteroatoms. The van der Waals surface area contributed by atoms with Crippen molar-refractivity contribution in [3.8, 4) is 11.4 Å². The van der Waals surface area contributed by atoms with Crippen LogP contribution in [0.4, 0.5) is 0 Å². The monoisotopic (exact) mass is 233 g/mol. The number of aromatic amines is 1. The third-order valence-corrected chi connectivity index (χ3v) is 2.61. The molecule has 0 spiro atoms. The third-order valence-electron chi connectivity index (χ3n) is 2.61. The molecule has 1 N–H and O–H groups in total. The summed E-state index contributed by atoms with van der Waals surface area (Å²) >= 11 is 0. The van der Waals surface area contributed by atoms with Crippen molar-refractivity contribution < 1.29 is 0 Å². The summed E-state index contributed by atoms with van der Waals surface area (Å²) in [6.45, 7) is 4.71. The molecule has 0 aliphatic rings. The molecule has 0 radical (unpaired) electrons. The van der Waals surface area contributed by atoms with Gasteiger partial charge < -0.3 is 4.98 Å². The van der Waals surface area contributed by atoms with Gasteiger partial charge >= 0.3 is 0 Å². The van der Waals surface area contributed by atoms with Crippen LogP contribution in [0.25, 0.3) is 11.4 Å². The van der Waals surface area contributed by atoms with Crippen LogP contribution in [-0.4, -0.2) is 25.0 Å². The first-order valence-corrected chi connectivity index (χ1v) is 5.73. The van der Waals surface area contributed by atoms with Gasteiger partial charge in [-0.2, -0.15) is 0 Å². The van der Waals surface area contributed by atoms with Gasteiger partial charge in [-0.05, 0) is 13.3 Å². The highest BCUT2D eigenvalue weighted by Gasteiger charge is 2.14. The lowest BCUT2D eigenvalue weighted by Gasteiger charge is -2.06. The summed E-state index contributed by atoms with van der Waals surface area (Å²) < 4.78 is 1.74. The molecule has 0 amide bonds. The van der Waals surface area contributed by atoms with Gasteiger partial charge in [0.15, 0.2) is 0 Å². The Morgan fingerprint density at radius 1 is 1.41 bits per heavy atom. The molecule has 2 rings (SSSR count). The fourth-order valence-electron chi connectivity index (χ4n) is 1.81. The lowest BCUT2D eigenvalue weighted by atomic mass is 10.1. The van der Waals surface area contributed by atoms with Crippen molar-refractivity contribution in [2.45, 2.75) is 33.2 Å². The van der Waals surface area contributed by atoms with Crippen LogP contribution in [0.1, 0.15) is 25.8 Å². The standard InChI is InChI=1S/C11H15N5O/c1-3-5-8-10(12-7-13-11(8)17)9-6-14-15-16(9)4-2/h6-7H,3-5H2,1-2H3,(H,12,13,17). The molecule has 0 atom stereocenters. The highest BCUT2D eigenvalue weighted by atomic mass is 16.1. The van der Waals surface area contributed by atoms with Gasteiger partial charge in [0.25, 0.3) is 5.56 Å². The molecular weight excluding hydrogens is 218 g/mol. The minimum Gasteiger partial charge on any atom is -0.313 e. The molecule has 2 aromatic heterocycles. The second kappa shape index (κ2) is 4.90. The van der Waals surface area contributed by atoms with Crippen LogP contribution in [0.3, 0.4) is 0 Å². The second-order valence-electron chi connectivity index (χ2n) is 3.74. The third kappa shape index (κ3) is 2.11. The Bertz CT molecular complexity index is 557. The summed E-state index contributed by atoms with van der Waals surface area (Å²) in [4.78, 5) is 18.6. The quantitative estimate of drug-likeness (QED) is 0.854. The average molecular weight is 233 g/mol. The summed E-state index contributed by atoms with van der Waals surface area (Å²) in [5.41, 5.74) is 2.09. The number of H-pyrrole nitrogens is 1. The molecule has 17 heavy (non-hydrogen) atoms. The lowest BCUT2D eigenvalue weighted by molar-refractivity contribution is 0.630. The van der Waals surface area contributed by atoms with E-state index in [1.165, 1.54) is 6.33 Å². The Hall–Kier alpha value is -1.98. The molecule has 6 nitrogen and oxygen atoms in total. The van der Waals surface area contributed by atoms with Crippen LogP contribution in [0.15, 0.2) is 17.3 Å². The largest absolute Gasteiger partial charge is 0.313 e. The number of aryl methyl sites for hydroxylation is 1. The number of hydrogen-bond donors (Lipinski definition) is 1. The maximum atomic E-state index is 11.8. The first-order valence-electron chi connectivity index (χ1n) is 5.73. The van der Waals surface area contributed by atoms with Crippen LogP contribution >= 0.6 is 0 Å². The second-order valence-corrected chi connectivity index (χ2v) is 3.74. The van der Waals surface area contributed by atoms with E-state index < -0.39 is 0 Å². The van der Waals surface area contributed by atoms with E-state index in [0.29, 0.717) is 24.2 Å². The minimum atomic E-state index is -0.0827. The van der Waals surface area contributed by atoms with E-state index in [9.17, 15) is 4.79 Å². The average Bonchev–Trinajstić information content (AvgIpc) is 2.80. The maximum absolute atomic E-state index is 11.8. The number of nitrogens with zero attached hydrogens (tertiary/aromatic N) is 4. The van der Waals surface area contributed by atoms with Gasteiger partial charge in [0.05, 0.1) is 12.5 Å². The Balaban J connectivity index is 2.59. The first kappa shape index (κ1) is 11.5. The number of hydrogen-bond acceptors (Lipinski definition) is 4. The lowest BCUT2D eigenvalue weighted by Crippen LogP contribution is -2.16. The van der Waals surface area contributed by atoms with E-state index >= 15 is 0 Å². The van der Waals surface area contributed by atoms with Crippen molar-refractivity contribution >= 4 is 0 Å². The van der Waals surface area contributed by atoms with E-state index in [2.05, 4.69) is 20.3 Å². The minimum absolute atomic E-state index is 0.0827. The van der Waals surface area contributed by atoms with Crippen LogP contribution < -0.4 is 5.56 Å². The Labute approximate surface area is 98.7 Å². The maximum Gasteiger partial charge on any atom is 0.254 e. The zero-order valence-electron chi connectivity index (χ0n) is 9.97. The molecule has 90 valence electrons. The summed E-state index contributed by atoms with van der Waals surface area (Å²) in [5, 5.41) is 7.82. The normalized spacial score (nSPS) is 10.7. The van der Waals surface area contributed by atoms with Gasteiger partial charge in [0.1, 0.15) is 11.4 Å². The number of aromatic nitrogens is 5. The smallest absolute Gasteiger partial charge is 0.254 e. The number of nitrogens with one attached hydrogen (secondary N) is 1. The fourth-order valence-corrected chi connectivity index (χ4v) is 1.81. The van der Waals surface area contributed by atoms with Gasteiger partial charge in [0.2, 0.25) is 0 Å². The highest BCUT2D eigenvalue weighted by molar-refractivity contribution is 5.57. The Kier molecular flexibility index (Phi) is 3.32.